The Bertz CT molecular complexity index is 1860. The molecule has 5 rings (SSSR count). The zero-order valence-corrected chi connectivity index (χ0v) is 21.4. The van der Waals surface area contributed by atoms with E-state index in [0.717, 1.165) is 10.8 Å². The topological polar surface area (TPSA) is 119 Å². The molecule has 1 fully saturated rings. The fraction of sp³-hybridized carbons (Fsp3) is 0.292. The van der Waals surface area contributed by atoms with Crippen molar-refractivity contribution in [2.45, 2.75) is 37.0 Å². The smallest absolute Gasteiger partial charge is 0.267 e. The van der Waals surface area contributed by atoms with Gasteiger partial charge in [-0.1, -0.05) is 17.7 Å². The lowest BCUT2D eigenvalue weighted by molar-refractivity contribution is 0.585. The maximum atomic E-state index is 16.0. The summed E-state index contributed by atoms with van der Waals surface area (Å²) >= 11 is 6.47. The highest BCUT2D eigenvalue weighted by atomic mass is 35.5. The van der Waals surface area contributed by atoms with Crippen molar-refractivity contribution in [3.05, 3.63) is 80.4 Å². The van der Waals surface area contributed by atoms with Crippen LogP contribution in [0.3, 0.4) is 0 Å². The lowest BCUT2D eigenvalue weighted by Gasteiger charge is -2.17. The van der Waals surface area contributed by atoms with Crippen LogP contribution in [-0.2, 0) is 16.7 Å². The number of aryl methyl sites for hydroxylation is 3. The third-order valence-corrected chi connectivity index (χ3v) is 7.80. The van der Waals surface area contributed by atoms with Crippen LogP contribution in [0.4, 0.5) is 8.78 Å². The Hall–Kier alpha value is -3.51. The zero-order valence-electron chi connectivity index (χ0n) is 22.8. The summed E-state index contributed by atoms with van der Waals surface area (Å²) in [5.41, 5.74) is -0.784. The van der Waals surface area contributed by atoms with Gasteiger partial charge in [0.05, 0.1) is 37.9 Å². The molecule has 3 heterocycles. The van der Waals surface area contributed by atoms with E-state index >= 15 is 8.78 Å². The Morgan fingerprint density at radius 1 is 1.22 bits per heavy atom. The molecule has 0 spiro atoms. The standard InChI is InChI=1S/C24H22ClF2N7O2S/c1-11-9-29-22(13-6-5-7-17(19(13)26)37(4,28)36)20(27)23(11)34-12(2)31-21(18(25)24(34)35)15-8-14(15)16-10-30-33(3)32-16/h5-7,9-10,14-15,28H,8H2,1-4H3/t14-,15-,37-/m0/s1/i3D3. The van der Waals surface area contributed by atoms with Crippen molar-refractivity contribution in [1.29, 1.82) is 4.78 Å². The Morgan fingerprint density at radius 2 is 1.97 bits per heavy atom. The van der Waals surface area contributed by atoms with Gasteiger partial charge in [0, 0.05) is 40.9 Å². The van der Waals surface area contributed by atoms with Crippen LogP contribution >= 0.6 is 11.6 Å². The molecule has 1 N–H and O–H groups in total. The van der Waals surface area contributed by atoms with Gasteiger partial charge in [-0.05, 0) is 38.0 Å². The minimum Gasteiger partial charge on any atom is -0.267 e. The van der Waals surface area contributed by atoms with E-state index in [1.54, 1.807) is 0 Å². The molecule has 1 saturated carbocycles. The third kappa shape index (κ3) is 4.23. The summed E-state index contributed by atoms with van der Waals surface area (Å²) in [6.45, 7) is 0.488. The van der Waals surface area contributed by atoms with Crippen LogP contribution in [0.1, 0.15) is 45.1 Å². The predicted octanol–water partition coefficient (Wildman–Crippen LogP) is 4.28. The lowest BCUT2D eigenvalue weighted by atomic mass is 10.1. The molecule has 1 aromatic carbocycles. The first-order valence-electron chi connectivity index (χ1n) is 12.5. The summed E-state index contributed by atoms with van der Waals surface area (Å²) < 4.78 is 74.5. The molecule has 0 radical (unpaired) electrons. The predicted molar refractivity (Wildman–Crippen MR) is 134 cm³/mol. The monoisotopic (exact) mass is 548 g/mol. The second-order valence-electron chi connectivity index (χ2n) is 8.92. The number of hydrogen-bond acceptors (Lipinski definition) is 7. The number of nitrogens with one attached hydrogen (secondary N) is 1. The average Bonchev–Trinajstić information content (AvgIpc) is 3.47. The van der Waals surface area contributed by atoms with Crippen LogP contribution in [0.5, 0.6) is 0 Å². The van der Waals surface area contributed by atoms with Crippen molar-refractivity contribution < 1.29 is 17.1 Å². The van der Waals surface area contributed by atoms with Crippen molar-refractivity contribution >= 4 is 21.3 Å². The van der Waals surface area contributed by atoms with Crippen LogP contribution in [0, 0.1) is 30.3 Å². The molecule has 37 heavy (non-hydrogen) atoms. The first-order valence-corrected chi connectivity index (χ1v) is 13.4. The summed E-state index contributed by atoms with van der Waals surface area (Å²) in [4.78, 5) is 22.3. The quantitative estimate of drug-likeness (QED) is 0.397. The number of nitrogens with zero attached hydrogens (tertiary/aromatic N) is 6. The number of hydrogen-bond donors (Lipinski definition) is 1. The second-order valence-corrected chi connectivity index (χ2v) is 11.4. The molecule has 3 aromatic heterocycles. The van der Waals surface area contributed by atoms with Crippen LogP contribution in [-0.4, -0.2) is 40.0 Å². The van der Waals surface area contributed by atoms with E-state index in [2.05, 4.69) is 20.2 Å². The number of rotatable bonds is 5. The Balaban J connectivity index is 1.58. The maximum absolute atomic E-state index is 16.0. The summed E-state index contributed by atoms with van der Waals surface area (Å²) in [7, 11) is -3.45. The molecule has 0 saturated heterocycles. The van der Waals surface area contributed by atoms with Gasteiger partial charge in [0.1, 0.15) is 22.4 Å². The fourth-order valence-corrected chi connectivity index (χ4v) is 5.48. The van der Waals surface area contributed by atoms with Crippen LogP contribution in [0.25, 0.3) is 16.9 Å². The van der Waals surface area contributed by atoms with E-state index in [-0.39, 0.29) is 45.2 Å². The average molecular weight is 549 g/mol. The third-order valence-electron chi connectivity index (χ3n) is 6.29. The highest BCUT2D eigenvalue weighted by Crippen LogP contribution is 2.54. The van der Waals surface area contributed by atoms with Crippen molar-refractivity contribution in [3.63, 3.8) is 0 Å². The molecule has 0 amide bonds. The van der Waals surface area contributed by atoms with Gasteiger partial charge in [-0.25, -0.2) is 22.8 Å². The highest BCUT2D eigenvalue weighted by molar-refractivity contribution is 7.91. The maximum Gasteiger partial charge on any atom is 0.277 e. The van der Waals surface area contributed by atoms with Crippen LogP contribution in [0.2, 0.25) is 5.02 Å². The molecule has 3 atom stereocenters. The number of halogens is 3. The van der Waals surface area contributed by atoms with Crippen molar-refractivity contribution in [2.24, 2.45) is 6.98 Å². The first-order chi connectivity index (χ1) is 18.6. The SMILES string of the molecule is [2H]C([2H])([2H])n1ncc([C@H]2C[C@@H]2c2nc(C)n(-c3c(C)cnc(-c4cccc([S@@](C)(=N)=O)c4F)c3F)c(=O)c2Cl)n1. The number of benzene rings is 1. The van der Waals surface area contributed by atoms with Gasteiger partial charge in [0.15, 0.2) is 5.82 Å². The van der Waals surface area contributed by atoms with E-state index < -0.39 is 44.5 Å². The summed E-state index contributed by atoms with van der Waals surface area (Å²) in [5.74, 6) is -2.53. The van der Waals surface area contributed by atoms with Crippen molar-refractivity contribution in [2.75, 3.05) is 6.26 Å². The molecule has 0 unspecified atom stereocenters. The molecule has 0 aliphatic heterocycles. The van der Waals surface area contributed by atoms with Crippen LogP contribution < -0.4 is 5.56 Å². The summed E-state index contributed by atoms with van der Waals surface area (Å²) in [6.07, 6.45) is 4.18. The van der Waals surface area contributed by atoms with Crippen molar-refractivity contribution in [3.8, 4) is 16.9 Å². The molecule has 192 valence electrons. The zero-order chi connectivity index (χ0) is 29.3. The molecule has 1 aliphatic carbocycles. The van der Waals surface area contributed by atoms with E-state index in [1.165, 1.54) is 44.4 Å². The van der Waals surface area contributed by atoms with Gasteiger partial charge < -0.3 is 0 Å². The first kappa shape index (κ1) is 21.6. The minimum absolute atomic E-state index is 0.109. The van der Waals surface area contributed by atoms with E-state index in [4.69, 9.17) is 20.5 Å². The van der Waals surface area contributed by atoms with Gasteiger partial charge in [-0.3, -0.25) is 14.3 Å². The fourth-order valence-electron chi connectivity index (χ4n) is 4.43. The normalized spacial score (nSPS) is 20.1. The van der Waals surface area contributed by atoms with Gasteiger partial charge in [0.25, 0.3) is 5.56 Å². The molecule has 9 nitrogen and oxygen atoms in total. The number of aromatic nitrogens is 6. The second kappa shape index (κ2) is 8.80. The minimum atomic E-state index is -3.45. The van der Waals surface area contributed by atoms with E-state index in [9.17, 15) is 9.00 Å². The van der Waals surface area contributed by atoms with Gasteiger partial charge in [-0.2, -0.15) is 15.0 Å². The largest absolute Gasteiger partial charge is 0.277 e. The van der Waals surface area contributed by atoms with Crippen LogP contribution in [0.15, 0.2) is 40.3 Å². The molecular weight excluding hydrogens is 524 g/mol. The van der Waals surface area contributed by atoms with Crippen molar-refractivity contribution in [1.82, 2.24) is 29.5 Å². The molecule has 13 heteroatoms. The summed E-state index contributed by atoms with van der Waals surface area (Å²) in [6, 6.07) is 3.78. The molecular formula is C24H22ClF2N7O2S. The lowest BCUT2D eigenvalue weighted by Crippen LogP contribution is -2.26. The Morgan fingerprint density at radius 3 is 2.65 bits per heavy atom. The van der Waals surface area contributed by atoms with Gasteiger partial charge in [0.2, 0.25) is 0 Å². The Kier molecular flexibility index (Phi) is 5.13. The van der Waals surface area contributed by atoms with E-state index in [1.807, 2.05) is 0 Å². The van der Waals surface area contributed by atoms with Gasteiger partial charge in [-0.15, -0.1) is 0 Å². The molecule has 4 aromatic rings. The Labute approximate surface area is 220 Å². The highest BCUT2D eigenvalue weighted by Gasteiger charge is 2.44. The number of pyridine rings is 1. The van der Waals surface area contributed by atoms with Gasteiger partial charge >= 0.3 is 0 Å². The summed E-state index contributed by atoms with van der Waals surface area (Å²) in [5, 5.41) is 7.57. The van der Waals surface area contributed by atoms with E-state index in [0.29, 0.717) is 16.9 Å². The molecule has 1 aliphatic rings. The molecule has 0 bridgehead atoms.